The van der Waals surface area contributed by atoms with Gasteiger partial charge in [-0.15, -0.1) is 0 Å². The number of nitrogens with two attached hydrogens (primary N) is 1. The topological polar surface area (TPSA) is 75.3 Å². The van der Waals surface area contributed by atoms with E-state index in [0.717, 1.165) is 12.8 Å². The number of hydrogen-bond acceptors (Lipinski definition) is 3. The summed E-state index contributed by atoms with van der Waals surface area (Å²) in [5, 5.41) is 10.9. The van der Waals surface area contributed by atoms with Crippen molar-refractivity contribution in [2.24, 2.45) is 5.73 Å². The minimum absolute atomic E-state index is 0.316. The Morgan fingerprint density at radius 1 is 1.47 bits per heavy atom. The fourth-order valence-electron chi connectivity index (χ4n) is 0.838. The predicted molar refractivity (Wildman–Crippen MR) is 79.6 cm³/mol. The molecule has 4 nitrogen and oxygen atoms in total. The van der Waals surface area contributed by atoms with Crippen LogP contribution in [0.5, 0.6) is 0 Å². The van der Waals surface area contributed by atoms with Gasteiger partial charge in [-0.05, 0) is 43.0 Å². The molecule has 0 saturated carbocycles. The van der Waals surface area contributed by atoms with Crippen LogP contribution in [0.2, 0.25) is 0 Å². The maximum atomic E-state index is 9.76. The van der Waals surface area contributed by atoms with Crippen molar-refractivity contribution >= 4 is 35.1 Å². The monoisotopic (exact) mass is 280 g/mol. The van der Waals surface area contributed by atoms with Crippen LogP contribution in [0, 0.1) is 0 Å². The molecule has 0 atom stereocenters. The summed E-state index contributed by atoms with van der Waals surface area (Å²) in [5.41, 5.74) is 4.91. The molecule has 0 aromatic rings. The molecule has 1 aliphatic heterocycles. The summed E-state index contributed by atoms with van der Waals surface area (Å²) in [6, 6.07) is 0. The first kappa shape index (κ1) is 18.9. The van der Waals surface area contributed by atoms with E-state index in [4.69, 9.17) is 10.8 Å². The van der Waals surface area contributed by atoms with Crippen LogP contribution in [-0.2, 0) is 4.79 Å². The van der Waals surface area contributed by atoms with Gasteiger partial charge in [-0.2, -0.15) is 11.8 Å². The lowest BCUT2D eigenvalue weighted by Crippen LogP contribution is -2.24. The van der Waals surface area contributed by atoms with E-state index in [9.17, 15) is 4.79 Å². The number of aliphatic carboxylic acids is 1. The van der Waals surface area contributed by atoms with Crippen molar-refractivity contribution in [3.8, 4) is 0 Å². The van der Waals surface area contributed by atoms with Gasteiger partial charge in [-0.25, -0.2) is 0 Å². The van der Waals surface area contributed by atoms with Crippen LogP contribution in [-0.4, -0.2) is 34.7 Å². The van der Waals surface area contributed by atoms with Gasteiger partial charge in [-0.3, -0.25) is 4.79 Å². The summed E-state index contributed by atoms with van der Waals surface area (Å²) in [5.74, 6) is 2.14. The van der Waals surface area contributed by atoms with Crippen molar-refractivity contribution in [3.05, 3.63) is 0 Å². The fourth-order valence-corrected chi connectivity index (χ4v) is 1.86. The van der Waals surface area contributed by atoms with E-state index in [2.05, 4.69) is 29.3 Å². The summed E-state index contributed by atoms with van der Waals surface area (Å²) in [7, 11) is 1.68. The highest BCUT2D eigenvalue weighted by Crippen LogP contribution is 2.14. The molecule has 6 heteroatoms. The average Bonchev–Trinajstić information content (AvgIpc) is 2.85. The number of rotatable bonds is 3. The quantitative estimate of drug-likeness (QED) is 0.688. The molecule has 102 valence electrons. The molecule has 0 aromatic carbocycles. The number of unbranched alkanes of at least 4 members (excludes halogenated alkanes) is 1. The van der Waals surface area contributed by atoms with Gasteiger partial charge in [0.1, 0.15) is 0 Å². The number of carbonyl (C=O) groups is 1. The third-order valence-corrected chi connectivity index (χ3v) is 3.18. The zero-order chi connectivity index (χ0) is 13.5. The first-order chi connectivity index (χ1) is 8.04. The number of carboxylic acid groups (broad SMARTS) is 1. The molecular formula is C11H24N2O2S2. The molecule has 0 aromatic heterocycles. The molecule has 17 heavy (non-hydrogen) atoms. The van der Waals surface area contributed by atoms with E-state index >= 15 is 0 Å². The second kappa shape index (κ2) is 15.5. The van der Waals surface area contributed by atoms with Gasteiger partial charge >= 0.3 is 5.97 Å². The van der Waals surface area contributed by atoms with Gasteiger partial charge in [0, 0.05) is 13.5 Å². The molecule has 1 heterocycles. The average molecular weight is 280 g/mol. The maximum Gasteiger partial charge on any atom is 0.303 e. The van der Waals surface area contributed by atoms with Crippen molar-refractivity contribution in [3.63, 3.8) is 0 Å². The van der Waals surface area contributed by atoms with Crippen molar-refractivity contribution in [2.45, 2.75) is 39.0 Å². The molecular weight excluding hydrogens is 256 g/mol. The van der Waals surface area contributed by atoms with E-state index in [0.29, 0.717) is 11.5 Å². The van der Waals surface area contributed by atoms with Crippen LogP contribution in [0.3, 0.4) is 0 Å². The van der Waals surface area contributed by atoms with E-state index in [-0.39, 0.29) is 0 Å². The number of thioether (sulfide) groups is 1. The van der Waals surface area contributed by atoms with Crippen LogP contribution in [0.15, 0.2) is 0 Å². The van der Waals surface area contributed by atoms with E-state index in [1.165, 1.54) is 24.3 Å². The smallest absolute Gasteiger partial charge is 0.303 e. The van der Waals surface area contributed by atoms with E-state index in [1.54, 1.807) is 7.05 Å². The van der Waals surface area contributed by atoms with Gasteiger partial charge in [-0.1, -0.05) is 13.3 Å². The predicted octanol–water partition coefficient (Wildman–Crippen LogP) is 2.22. The molecule has 0 amide bonds. The zero-order valence-electron chi connectivity index (χ0n) is 10.7. The Hall–Kier alpha value is -0.490. The highest BCUT2D eigenvalue weighted by atomic mass is 32.2. The molecule has 4 N–H and O–H groups in total. The molecule has 1 rings (SSSR count). The first-order valence-electron chi connectivity index (χ1n) is 5.81. The summed E-state index contributed by atoms with van der Waals surface area (Å²) >= 11 is 6.44. The molecule has 1 fully saturated rings. The lowest BCUT2D eigenvalue weighted by molar-refractivity contribution is -0.137. The largest absolute Gasteiger partial charge is 0.481 e. The summed E-state index contributed by atoms with van der Waals surface area (Å²) in [6.07, 6.45) is 5.01. The van der Waals surface area contributed by atoms with Crippen molar-refractivity contribution in [1.29, 1.82) is 0 Å². The van der Waals surface area contributed by atoms with Crippen LogP contribution in [0.1, 0.15) is 39.0 Å². The third kappa shape index (κ3) is 25.6. The molecule has 1 aliphatic rings. The van der Waals surface area contributed by atoms with E-state index in [1.807, 2.05) is 6.92 Å². The summed E-state index contributed by atoms with van der Waals surface area (Å²) < 4.78 is 0. The van der Waals surface area contributed by atoms with Crippen molar-refractivity contribution in [1.82, 2.24) is 5.32 Å². The lowest BCUT2D eigenvalue weighted by atomic mass is 10.3. The number of hydrogen-bond donors (Lipinski definition) is 3. The number of thiocarbonyl (C=S) groups is 1. The fraction of sp³-hybridized carbons (Fsp3) is 0.818. The molecule has 1 saturated heterocycles. The summed E-state index contributed by atoms with van der Waals surface area (Å²) in [4.78, 5) is 9.76. The van der Waals surface area contributed by atoms with Gasteiger partial charge in [0.05, 0.1) is 0 Å². The Morgan fingerprint density at radius 2 is 1.94 bits per heavy atom. The molecule has 0 aliphatic carbocycles. The van der Waals surface area contributed by atoms with Gasteiger partial charge in [0.15, 0.2) is 5.11 Å². The van der Waals surface area contributed by atoms with Crippen LogP contribution >= 0.6 is 24.0 Å². The normalized spacial score (nSPS) is 12.6. The van der Waals surface area contributed by atoms with Crippen LogP contribution < -0.4 is 11.1 Å². The molecule has 0 unspecified atom stereocenters. The summed E-state index contributed by atoms with van der Waals surface area (Å²) in [6.45, 7) is 1.98. The van der Waals surface area contributed by atoms with Crippen LogP contribution in [0.25, 0.3) is 0 Å². The number of carboxylic acids is 1. The Balaban J connectivity index is 0. The molecule has 0 bridgehead atoms. The minimum Gasteiger partial charge on any atom is -0.481 e. The lowest BCUT2D eigenvalue weighted by Gasteiger charge is -1.85. The SMILES string of the molecule is C1CCSC1.CCCCC(=O)O.CNC(N)=S. The van der Waals surface area contributed by atoms with Gasteiger partial charge in [0.25, 0.3) is 0 Å². The highest BCUT2D eigenvalue weighted by Gasteiger charge is 1.95. The van der Waals surface area contributed by atoms with Crippen LogP contribution in [0.4, 0.5) is 0 Å². The maximum absolute atomic E-state index is 9.76. The van der Waals surface area contributed by atoms with Gasteiger partial charge < -0.3 is 16.2 Å². The number of nitrogens with one attached hydrogen (secondary N) is 1. The first-order valence-corrected chi connectivity index (χ1v) is 7.37. The second-order valence-electron chi connectivity index (χ2n) is 3.43. The molecule has 0 spiro atoms. The molecule has 0 radical (unpaired) electrons. The van der Waals surface area contributed by atoms with E-state index < -0.39 is 5.97 Å². The van der Waals surface area contributed by atoms with Crippen molar-refractivity contribution in [2.75, 3.05) is 18.6 Å². The Morgan fingerprint density at radius 3 is 2.06 bits per heavy atom. The van der Waals surface area contributed by atoms with Crippen molar-refractivity contribution < 1.29 is 9.90 Å². The Labute approximate surface area is 114 Å². The highest BCUT2D eigenvalue weighted by molar-refractivity contribution is 7.99. The van der Waals surface area contributed by atoms with Gasteiger partial charge in [0.2, 0.25) is 0 Å². The third-order valence-electron chi connectivity index (χ3n) is 1.82. The Kier molecular flexibility index (Phi) is 17.2. The minimum atomic E-state index is -0.693. The second-order valence-corrected chi connectivity index (χ2v) is 5.10. The standard InChI is InChI=1S/C5H10O2.C4H8S.C2H6N2S/c1-2-3-4-5(6)7;1-2-4-5-3-1;1-4-2(3)5/h2-4H2,1H3,(H,6,7);1-4H2;1H3,(H3,3,4,5). The Bertz CT molecular complexity index is 190. The zero-order valence-corrected chi connectivity index (χ0v) is 12.3.